The number of amides is 2. The number of carbonyl (C=O) groups excluding carboxylic acids is 1. The third-order valence-corrected chi connectivity index (χ3v) is 4.68. The molecule has 0 aromatic heterocycles. The SMILES string of the molecule is COCCOC1CN(C(=O)Nc2ccccc2N2CC(C)OC(C)C2)C1. The Hall–Kier alpha value is -1.83. The molecule has 2 atom stereocenters. The van der Waals surface area contributed by atoms with Crippen molar-refractivity contribution < 1.29 is 19.0 Å². The summed E-state index contributed by atoms with van der Waals surface area (Å²) >= 11 is 0. The number of anilines is 2. The topological polar surface area (TPSA) is 63.3 Å². The van der Waals surface area contributed by atoms with Crippen LogP contribution in [0.15, 0.2) is 24.3 Å². The summed E-state index contributed by atoms with van der Waals surface area (Å²) in [5.41, 5.74) is 1.87. The van der Waals surface area contributed by atoms with Gasteiger partial charge in [-0.15, -0.1) is 0 Å². The number of urea groups is 1. The van der Waals surface area contributed by atoms with E-state index in [-0.39, 0.29) is 24.3 Å². The van der Waals surface area contributed by atoms with Gasteiger partial charge in [0.2, 0.25) is 0 Å². The number of benzene rings is 1. The van der Waals surface area contributed by atoms with Gasteiger partial charge in [0.05, 0.1) is 56.0 Å². The van der Waals surface area contributed by atoms with Gasteiger partial charge < -0.3 is 29.3 Å². The predicted molar refractivity (Wildman–Crippen MR) is 101 cm³/mol. The average molecular weight is 363 g/mol. The fourth-order valence-corrected chi connectivity index (χ4v) is 3.43. The van der Waals surface area contributed by atoms with Crippen molar-refractivity contribution in [2.75, 3.05) is 56.7 Å². The second-order valence-corrected chi connectivity index (χ2v) is 7.00. The van der Waals surface area contributed by atoms with Crippen LogP contribution in [0.4, 0.5) is 16.2 Å². The van der Waals surface area contributed by atoms with Crippen LogP contribution in [0.25, 0.3) is 0 Å². The van der Waals surface area contributed by atoms with E-state index < -0.39 is 0 Å². The van der Waals surface area contributed by atoms with Gasteiger partial charge in [-0.1, -0.05) is 12.1 Å². The molecule has 2 heterocycles. The highest BCUT2D eigenvalue weighted by Crippen LogP contribution is 2.29. The molecule has 1 N–H and O–H groups in total. The van der Waals surface area contributed by atoms with Crippen LogP contribution in [0.1, 0.15) is 13.8 Å². The minimum absolute atomic E-state index is 0.0848. The van der Waals surface area contributed by atoms with E-state index in [1.165, 1.54) is 0 Å². The number of hydrogen-bond donors (Lipinski definition) is 1. The Kier molecular flexibility index (Phi) is 6.34. The van der Waals surface area contributed by atoms with Crippen LogP contribution in [-0.2, 0) is 14.2 Å². The Morgan fingerprint density at radius 3 is 2.54 bits per heavy atom. The molecule has 2 aliphatic heterocycles. The van der Waals surface area contributed by atoms with Crippen molar-refractivity contribution in [3.8, 4) is 0 Å². The number of nitrogens with one attached hydrogen (secondary N) is 1. The molecule has 26 heavy (non-hydrogen) atoms. The zero-order chi connectivity index (χ0) is 18.5. The lowest BCUT2D eigenvalue weighted by Gasteiger charge is -2.40. The Balaban J connectivity index is 1.56. The highest BCUT2D eigenvalue weighted by molar-refractivity contribution is 5.93. The molecule has 2 fully saturated rings. The first-order chi connectivity index (χ1) is 12.6. The maximum Gasteiger partial charge on any atom is 0.322 e. The van der Waals surface area contributed by atoms with E-state index in [0.717, 1.165) is 24.5 Å². The molecule has 1 aromatic carbocycles. The highest BCUT2D eigenvalue weighted by Gasteiger charge is 2.32. The van der Waals surface area contributed by atoms with Gasteiger partial charge in [0.1, 0.15) is 0 Å². The number of carbonyl (C=O) groups is 1. The quantitative estimate of drug-likeness (QED) is 0.785. The largest absolute Gasteiger partial charge is 0.382 e. The van der Waals surface area contributed by atoms with Crippen LogP contribution in [-0.4, -0.2) is 75.7 Å². The van der Waals surface area contributed by atoms with Crippen molar-refractivity contribution in [1.82, 2.24) is 4.90 Å². The summed E-state index contributed by atoms with van der Waals surface area (Å²) in [5, 5.41) is 3.05. The highest BCUT2D eigenvalue weighted by atomic mass is 16.5. The van der Waals surface area contributed by atoms with Crippen molar-refractivity contribution >= 4 is 17.4 Å². The molecule has 0 bridgehead atoms. The molecular formula is C19H29N3O4. The number of likely N-dealkylation sites (tertiary alicyclic amines) is 1. The molecule has 0 radical (unpaired) electrons. The van der Waals surface area contributed by atoms with Crippen LogP contribution in [0, 0.1) is 0 Å². The molecule has 0 saturated carbocycles. The zero-order valence-corrected chi connectivity index (χ0v) is 15.8. The third-order valence-electron chi connectivity index (χ3n) is 4.68. The van der Waals surface area contributed by atoms with E-state index in [0.29, 0.717) is 26.3 Å². The second kappa shape index (κ2) is 8.70. The van der Waals surface area contributed by atoms with Crippen molar-refractivity contribution in [3.05, 3.63) is 24.3 Å². The maximum atomic E-state index is 12.5. The van der Waals surface area contributed by atoms with Gasteiger partial charge in [0.15, 0.2) is 0 Å². The first kappa shape index (κ1) is 18.9. The number of methoxy groups -OCH3 is 1. The minimum atomic E-state index is -0.0848. The number of hydrogen-bond acceptors (Lipinski definition) is 5. The minimum Gasteiger partial charge on any atom is -0.382 e. The molecule has 7 heteroatoms. The van der Waals surface area contributed by atoms with Crippen molar-refractivity contribution in [3.63, 3.8) is 0 Å². The van der Waals surface area contributed by atoms with Crippen molar-refractivity contribution in [2.45, 2.75) is 32.2 Å². The van der Waals surface area contributed by atoms with Gasteiger partial charge in [-0.3, -0.25) is 0 Å². The molecule has 3 rings (SSSR count). The lowest BCUT2D eigenvalue weighted by molar-refractivity contribution is -0.0486. The third kappa shape index (κ3) is 4.66. The summed E-state index contributed by atoms with van der Waals surface area (Å²) in [6.45, 7) is 8.15. The van der Waals surface area contributed by atoms with Crippen LogP contribution >= 0.6 is 0 Å². The van der Waals surface area contributed by atoms with Crippen molar-refractivity contribution in [1.29, 1.82) is 0 Å². The van der Waals surface area contributed by atoms with Crippen LogP contribution < -0.4 is 10.2 Å². The summed E-state index contributed by atoms with van der Waals surface area (Å²) < 4.78 is 16.4. The molecule has 2 saturated heterocycles. The zero-order valence-electron chi connectivity index (χ0n) is 15.8. The average Bonchev–Trinajstić information content (AvgIpc) is 2.56. The molecule has 1 aromatic rings. The molecular weight excluding hydrogens is 334 g/mol. The fourth-order valence-electron chi connectivity index (χ4n) is 3.43. The lowest BCUT2D eigenvalue weighted by Crippen LogP contribution is -2.56. The van der Waals surface area contributed by atoms with E-state index in [1.807, 2.05) is 24.3 Å². The van der Waals surface area contributed by atoms with E-state index in [4.69, 9.17) is 14.2 Å². The summed E-state index contributed by atoms with van der Waals surface area (Å²) in [5.74, 6) is 0. The number of para-hydroxylation sites is 2. The summed E-state index contributed by atoms with van der Waals surface area (Å²) in [6.07, 6.45) is 0.442. The normalized spacial score (nSPS) is 23.7. The van der Waals surface area contributed by atoms with Gasteiger partial charge in [0, 0.05) is 20.2 Å². The molecule has 7 nitrogen and oxygen atoms in total. The summed E-state index contributed by atoms with van der Waals surface area (Å²) in [4.78, 5) is 16.6. The first-order valence-corrected chi connectivity index (χ1v) is 9.22. The van der Waals surface area contributed by atoms with E-state index >= 15 is 0 Å². The second-order valence-electron chi connectivity index (χ2n) is 7.00. The molecule has 144 valence electrons. The summed E-state index contributed by atoms with van der Waals surface area (Å²) in [6, 6.07) is 7.86. The Bertz CT molecular complexity index is 596. The number of ether oxygens (including phenoxy) is 3. The van der Waals surface area contributed by atoms with E-state index in [1.54, 1.807) is 12.0 Å². The summed E-state index contributed by atoms with van der Waals surface area (Å²) in [7, 11) is 1.65. The number of nitrogens with zero attached hydrogens (tertiary/aromatic N) is 2. The Morgan fingerprint density at radius 1 is 1.15 bits per heavy atom. The van der Waals surface area contributed by atoms with Gasteiger partial charge in [-0.25, -0.2) is 4.79 Å². The van der Waals surface area contributed by atoms with Gasteiger partial charge in [-0.2, -0.15) is 0 Å². The standard InChI is InChI=1S/C19H29N3O4/c1-14-10-21(11-15(2)26-14)18-7-5-4-6-17(18)20-19(23)22-12-16(13-22)25-9-8-24-3/h4-7,14-16H,8-13H2,1-3H3,(H,20,23). The van der Waals surface area contributed by atoms with E-state index in [2.05, 4.69) is 24.1 Å². The Morgan fingerprint density at radius 2 is 1.85 bits per heavy atom. The van der Waals surface area contributed by atoms with Gasteiger partial charge >= 0.3 is 6.03 Å². The number of morpholine rings is 1. The maximum absolute atomic E-state index is 12.5. The monoisotopic (exact) mass is 363 g/mol. The molecule has 0 aliphatic carbocycles. The molecule has 2 aliphatic rings. The van der Waals surface area contributed by atoms with Crippen LogP contribution in [0.2, 0.25) is 0 Å². The van der Waals surface area contributed by atoms with Crippen molar-refractivity contribution in [2.24, 2.45) is 0 Å². The fraction of sp³-hybridized carbons (Fsp3) is 0.632. The van der Waals surface area contributed by atoms with Gasteiger partial charge in [-0.05, 0) is 26.0 Å². The number of rotatable bonds is 6. The van der Waals surface area contributed by atoms with E-state index in [9.17, 15) is 4.79 Å². The molecule has 2 unspecified atom stereocenters. The molecule has 2 amide bonds. The first-order valence-electron chi connectivity index (χ1n) is 9.22. The Labute approximate surface area is 155 Å². The predicted octanol–water partition coefficient (Wildman–Crippen LogP) is 2.18. The van der Waals surface area contributed by atoms with Crippen LogP contribution in [0.3, 0.4) is 0 Å². The van der Waals surface area contributed by atoms with Crippen LogP contribution in [0.5, 0.6) is 0 Å². The van der Waals surface area contributed by atoms with Gasteiger partial charge in [0.25, 0.3) is 0 Å². The lowest BCUT2D eigenvalue weighted by atomic mass is 10.1. The smallest absolute Gasteiger partial charge is 0.322 e. The molecule has 0 spiro atoms.